The standard InChI is InChI=1S/C34H56N4O6S2/c1-4-5-8-12-30-26-15-16-36-34(35)37-23-46-45-17-10-7-6-9-11-28(40)21-29(44-24(2)39)14-13-25-18-27(22-38(30)32(41)20-26)33(42)31(19-25)43-3/h18-19,26,28-30,40,42H,4-17,20-23H2,1-3H3,(H3,35,36,37)/t26-,28-,29+,30+/m0/s1. The Balaban J connectivity index is 1.83. The number of benzene rings is 1. The number of unbranched alkanes of at least 4 members (excludes halogenated alkanes) is 2. The number of aliphatic imine (C=N–C) groups is 1. The molecule has 0 spiro atoms. The number of aliphatic hydroxyl groups excluding tert-OH is 1. The molecule has 4 atom stereocenters. The number of nitrogens with zero attached hydrogens (tertiary/aromatic N) is 2. The summed E-state index contributed by atoms with van der Waals surface area (Å²) in [5, 5.41) is 25.1. The van der Waals surface area contributed by atoms with Gasteiger partial charge in [0.15, 0.2) is 17.5 Å². The number of rotatable bonds is 6. The largest absolute Gasteiger partial charge is 0.504 e. The Morgan fingerprint density at radius 3 is 2.72 bits per heavy atom. The molecule has 12 heteroatoms. The number of fused-ring (bicyclic) bond motifs is 4. The summed E-state index contributed by atoms with van der Waals surface area (Å²) in [5.41, 5.74) is 7.70. The van der Waals surface area contributed by atoms with E-state index in [-0.39, 0.29) is 29.6 Å². The number of aliphatic hydroxyl groups is 1. The van der Waals surface area contributed by atoms with Gasteiger partial charge in [0.2, 0.25) is 5.91 Å². The monoisotopic (exact) mass is 680 g/mol. The summed E-state index contributed by atoms with van der Waals surface area (Å²) in [5.74, 6) is 2.35. The van der Waals surface area contributed by atoms with E-state index in [1.807, 2.05) is 11.0 Å². The van der Waals surface area contributed by atoms with E-state index in [0.29, 0.717) is 68.3 Å². The molecule has 5 N–H and O–H groups in total. The number of carbonyl (C=O) groups excluding carboxylic acids is 2. The molecular weight excluding hydrogens is 625 g/mol. The lowest BCUT2D eigenvalue weighted by atomic mass is 9.92. The van der Waals surface area contributed by atoms with Crippen LogP contribution in [0.3, 0.4) is 0 Å². The number of methoxy groups -OCH3 is 1. The molecule has 0 aromatic heterocycles. The molecule has 260 valence electrons. The molecule has 2 heterocycles. The number of nitrogens with one attached hydrogen (secondary N) is 1. The quantitative estimate of drug-likeness (QED) is 0.162. The van der Waals surface area contributed by atoms with Crippen LogP contribution in [0.4, 0.5) is 0 Å². The molecular formula is C34H56N4O6S2. The number of ether oxygens (including phenoxy) is 2. The SMILES string of the molecule is CCCCC[C@@H]1[C@H]2CCNC(N)=NCSSCCCCCC[C@H](O)C[C@H](OC(C)=O)CCc3cc(c(O)c(OC)c3)CN1C(=O)C2. The van der Waals surface area contributed by atoms with E-state index in [0.717, 1.165) is 69.1 Å². The number of aromatic hydroxyl groups is 1. The fraction of sp³-hybridized carbons (Fsp3) is 0.735. The first kappa shape index (κ1) is 38.1. The second kappa shape index (κ2) is 20.8. The van der Waals surface area contributed by atoms with Crippen molar-refractivity contribution in [2.24, 2.45) is 16.6 Å². The summed E-state index contributed by atoms with van der Waals surface area (Å²) in [7, 11) is 5.01. The first-order valence-corrected chi connectivity index (χ1v) is 19.5. The number of phenols is 1. The zero-order valence-corrected chi connectivity index (χ0v) is 29.6. The van der Waals surface area contributed by atoms with Crippen LogP contribution >= 0.6 is 21.6 Å². The van der Waals surface area contributed by atoms with Gasteiger partial charge in [-0.3, -0.25) is 9.59 Å². The number of hydrogen-bond donors (Lipinski definition) is 4. The molecule has 1 saturated heterocycles. The van der Waals surface area contributed by atoms with Gasteiger partial charge in [0.1, 0.15) is 6.10 Å². The Bertz CT molecular complexity index is 1120. The first-order valence-electron chi connectivity index (χ1n) is 17.0. The summed E-state index contributed by atoms with van der Waals surface area (Å²) in [4.78, 5) is 31.7. The number of esters is 1. The topological polar surface area (TPSA) is 147 Å². The van der Waals surface area contributed by atoms with Gasteiger partial charge in [-0.2, -0.15) is 0 Å². The van der Waals surface area contributed by atoms with E-state index in [2.05, 4.69) is 17.2 Å². The van der Waals surface area contributed by atoms with E-state index in [1.165, 1.54) is 14.0 Å². The molecule has 10 nitrogen and oxygen atoms in total. The number of nitrogens with two attached hydrogens (primary N) is 1. The maximum absolute atomic E-state index is 13.5. The highest BCUT2D eigenvalue weighted by atomic mass is 33.1. The average molecular weight is 681 g/mol. The predicted octanol–water partition coefficient (Wildman–Crippen LogP) is 5.91. The van der Waals surface area contributed by atoms with Crippen molar-refractivity contribution in [3.8, 4) is 11.5 Å². The number of phenolic OH excluding ortho intramolecular Hbond substituents is 1. The highest BCUT2D eigenvalue weighted by Crippen LogP contribution is 2.38. The minimum atomic E-state index is -0.548. The number of hydrogen-bond acceptors (Lipinski definition) is 11. The number of carbonyl (C=O) groups is 2. The van der Waals surface area contributed by atoms with Crippen molar-refractivity contribution in [1.82, 2.24) is 10.2 Å². The maximum atomic E-state index is 13.5. The molecule has 1 aromatic carbocycles. The summed E-state index contributed by atoms with van der Waals surface area (Å²) in [6.45, 7) is 4.51. The van der Waals surface area contributed by atoms with Crippen LogP contribution < -0.4 is 15.8 Å². The van der Waals surface area contributed by atoms with Crippen LogP contribution in [0.25, 0.3) is 0 Å². The van der Waals surface area contributed by atoms with Crippen molar-refractivity contribution in [2.75, 3.05) is 25.3 Å². The normalized spacial score (nSPS) is 24.9. The van der Waals surface area contributed by atoms with Crippen LogP contribution in [0.1, 0.15) is 108 Å². The van der Waals surface area contributed by atoms with Crippen molar-refractivity contribution in [1.29, 1.82) is 0 Å². The van der Waals surface area contributed by atoms with Crippen molar-refractivity contribution in [2.45, 2.75) is 129 Å². The van der Waals surface area contributed by atoms with Gasteiger partial charge in [0, 0.05) is 50.2 Å². The molecule has 3 rings (SSSR count). The zero-order chi connectivity index (χ0) is 33.3. The molecule has 0 aliphatic carbocycles. The summed E-state index contributed by atoms with van der Waals surface area (Å²) in [6.07, 6.45) is 10.8. The zero-order valence-electron chi connectivity index (χ0n) is 28.0. The third-order valence-corrected chi connectivity index (χ3v) is 11.1. The summed E-state index contributed by atoms with van der Waals surface area (Å²) < 4.78 is 11.2. The van der Waals surface area contributed by atoms with Gasteiger partial charge < -0.3 is 35.6 Å². The number of guanidine groups is 1. The number of aryl methyl sites for hydroxylation is 1. The Hall–Kier alpha value is -2.31. The molecule has 46 heavy (non-hydrogen) atoms. The smallest absolute Gasteiger partial charge is 0.302 e. The average Bonchev–Trinajstić information content (AvgIpc) is 3.30. The molecule has 1 aromatic rings. The van der Waals surface area contributed by atoms with Crippen molar-refractivity contribution in [3.05, 3.63) is 23.3 Å². The lowest BCUT2D eigenvalue weighted by Gasteiger charge is -2.29. The van der Waals surface area contributed by atoms with E-state index in [1.54, 1.807) is 27.7 Å². The van der Waals surface area contributed by atoms with E-state index in [4.69, 9.17) is 15.2 Å². The fourth-order valence-electron chi connectivity index (χ4n) is 6.48. The van der Waals surface area contributed by atoms with Gasteiger partial charge in [-0.25, -0.2) is 4.99 Å². The molecule has 0 unspecified atom stereocenters. The van der Waals surface area contributed by atoms with E-state index in [9.17, 15) is 19.8 Å². The van der Waals surface area contributed by atoms with Crippen LogP contribution in [0.15, 0.2) is 17.1 Å². The van der Waals surface area contributed by atoms with Crippen molar-refractivity contribution in [3.63, 3.8) is 0 Å². The van der Waals surface area contributed by atoms with Crippen LogP contribution in [0.2, 0.25) is 0 Å². The molecule has 4 bridgehead atoms. The van der Waals surface area contributed by atoms with Crippen LogP contribution in [0.5, 0.6) is 11.5 Å². The van der Waals surface area contributed by atoms with Gasteiger partial charge in [0.25, 0.3) is 0 Å². The second-order valence-corrected chi connectivity index (χ2v) is 15.1. The highest BCUT2D eigenvalue weighted by Gasteiger charge is 2.39. The molecule has 2 aliphatic heterocycles. The summed E-state index contributed by atoms with van der Waals surface area (Å²) >= 11 is 0. The van der Waals surface area contributed by atoms with Crippen molar-refractivity contribution >= 4 is 39.4 Å². The Kier molecular flexibility index (Phi) is 17.3. The van der Waals surface area contributed by atoms with Crippen LogP contribution in [0, 0.1) is 5.92 Å². The third kappa shape index (κ3) is 13.1. The van der Waals surface area contributed by atoms with Crippen LogP contribution in [-0.2, 0) is 27.3 Å². The molecule has 0 saturated carbocycles. The van der Waals surface area contributed by atoms with Crippen molar-refractivity contribution < 1.29 is 29.3 Å². The van der Waals surface area contributed by atoms with E-state index >= 15 is 0 Å². The van der Waals surface area contributed by atoms with Gasteiger partial charge in [-0.15, -0.1) is 0 Å². The maximum Gasteiger partial charge on any atom is 0.302 e. The first-order chi connectivity index (χ1) is 22.2. The minimum absolute atomic E-state index is 0.0385. The van der Waals surface area contributed by atoms with Gasteiger partial charge >= 0.3 is 5.97 Å². The predicted molar refractivity (Wildman–Crippen MR) is 188 cm³/mol. The second-order valence-electron chi connectivity index (χ2n) is 12.5. The molecule has 0 radical (unpaired) electrons. The fourth-order valence-corrected chi connectivity index (χ4v) is 8.28. The Morgan fingerprint density at radius 1 is 1.15 bits per heavy atom. The van der Waals surface area contributed by atoms with Gasteiger partial charge in [-0.05, 0) is 56.1 Å². The molecule has 2 aliphatic rings. The van der Waals surface area contributed by atoms with Gasteiger partial charge in [-0.1, -0.05) is 73.1 Å². The summed E-state index contributed by atoms with van der Waals surface area (Å²) in [6, 6.07) is 3.80. The Labute approximate surface area is 283 Å². The lowest BCUT2D eigenvalue weighted by Crippen LogP contribution is -2.37. The van der Waals surface area contributed by atoms with Gasteiger partial charge in [0.05, 0.1) is 19.1 Å². The molecule has 1 fully saturated rings. The highest BCUT2D eigenvalue weighted by molar-refractivity contribution is 8.76. The third-order valence-electron chi connectivity index (χ3n) is 8.91. The minimum Gasteiger partial charge on any atom is -0.504 e. The number of amides is 1. The van der Waals surface area contributed by atoms with E-state index < -0.39 is 12.2 Å². The van der Waals surface area contributed by atoms with Crippen LogP contribution in [-0.4, -0.2) is 76.5 Å². The lowest BCUT2D eigenvalue weighted by molar-refractivity contribution is -0.148. The Morgan fingerprint density at radius 2 is 1.96 bits per heavy atom. The molecule has 1 amide bonds.